The number of hydrogen-bond donors (Lipinski definition) is 2. The van der Waals surface area contributed by atoms with Crippen molar-refractivity contribution in [2.75, 3.05) is 6.54 Å². The summed E-state index contributed by atoms with van der Waals surface area (Å²) in [5, 5.41) is 13.2. The Bertz CT molecular complexity index is 398. The highest BCUT2D eigenvalue weighted by atomic mass is 32.1. The first-order valence-corrected chi connectivity index (χ1v) is 5.06. The predicted octanol–water partition coefficient (Wildman–Crippen LogP) is 0.666. The zero-order chi connectivity index (χ0) is 11.3. The number of amides is 1. The zero-order valence-corrected chi connectivity index (χ0v) is 8.87. The molecule has 0 aliphatic rings. The summed E-state index contributed by atoms with van der Waals surface area (Å²) in [5.41, 5.74) is 0.697. The van der Waals surface area contributed by atoms with Gasteiger partial charge in [0, 0.05) is 11.5 Å². The third-order valence-corrected chi connectivity index (χ3v) is 2.25. The van der Waals surface area contributed by atoms with Gasteiger partial charge in [-0.3, -0.25) is 9.59 Å². The Labute approximate surface area is 90.5 Å². The van der Waals surface area contributed by atoms with Crippen LogP contribution in [0.4, 0.5) is 0 Å². The van der Waals surface area contributed by atoms with Crippen molar-refractivity contribution in [1.82, 2.24) is 10.3 Å². The van der Waals surface area contributed by atoms with Crippen LogP contribution in [0.3, 0.4) is 0 Å². The van der Waals surface area contributed by atoms with Gasteiger partial charge in [0.1, 0.15) is 6.54 Å². The van der Waals surface area contributed by atoms with Crippen molar-refractivity contribution >= 4 is 29.3 Å². The zero-order valence-electron chi connectivity index (χ0n) is 8.06. The number of carbonyl (C=O) groups is 2. The van der Waals surface area contributed by atoms with Gasteiger partial charge in [0.15, 0.2) is 0 Å². The molecule has 80 valence electrons. The Morgan fingerprint density at radius 2 is 2.40 bits per heavy atom. The summed E-state index contributed by atoms with van der Waals surface area (Å²) < 4.78 is 0. The smallest absolute Gasteiger partial charge is 0.322 e. The van der Waals surface area contributed by atoms with Gasteiger partial charge in [0.25, 0.3) is 0 Å². The van der Waals surface area contributed by atoms with E-state index in [1.54, 1.807) is 6.08 Å². The molecule has 0 aliphatic carbocycles. The Morgan fingerprint density at radius 1 is 1.67 bits per heavy atom. The molecule has 0 unspecified atom stereocenters. The van der Waals surface area contributed by atoms with E-state index in [-0.39, 0.29) is 6.54 Å². The molecule has 6 heteroatoms. The first kappa shape index (κ1) is 11.4. The van der Waals surface area contributed by atoms with Gasteiger partial charge >= 0.3 is 5.97 Å². The van der Waals surface area contributed by atoms with E-state index in [0.29, 0.717) is 5.69 Å². The van der Waals surface area contributed by atoms with Gasteiger partial charge in [-0.1, -0.05) is 0 Å². The largest absolute Gasteiger partial charge is 0.480 e. The van der Waals surface area contributed by atoms with Gasteiger partial charge in [-0.25, -0.2) is 4.98 Å². The average Bonchev–Trinajstić information content (AvgIpc) is 2.58. The van der Waals surface area contributed by atoms with E-state index < -0.39 is 11.9 Å². The lowest BCUT2D eigenvalue weighted by atomic mass is 10.4. The van der Waals surface area contributed by atoms with E-state index in [9.17, 15) is 9.59 Å². The highest BCUT2D eigenvalue weighted by molar-refractivity contribution is 7.09. The second kappa shape index (κ2) is 5.26. The molecule has 1 rings (SSSR count). The molecule has 0 aliphatic heterocycles. The maximum atomic E-state index is 11.0. The minimum absolute atomic E-state index is 0.376. The highest BCUT2D eigenvalue weighted by Crippen LogP contribution is 2.08. The van der Waals surface area contributed by atoms with Crippen molar-refractivity contribution < 1.29 is 14.7 Å². The molecule has 0 bridgehead atoms. The SMILES string of the molecule is Cc1nc(/C=C/C(=O)NCC(=O)O)cs1. The molecule has 0 saturated carbocycles. The fourth-order valence-electron chi connectivity index (χ4n) is 0.839. The quantitative estimate of drug-likeness (QED) is 0.739. The number of rotatable bonds is 4. The molecule has 1 aromatic heterocycles. The number of aliphatic carboxylic acids is 1. The first-order valence-electron chi connectivity index (χ1n) is 4.18. The van der Waals surface area contributed by atoms with Crippen LogP contribution in [0.1, 0.15) is 10.7 Å². The molecule has 1 heterocycles. The van der Waals surface area contributed by atoms with Crippen LogP contribution in [-0.4, -0.2) is 28.5 Å². The van der Waals surface area contributed by atoms with Gasteiger partial charge < -0.3 is 10.4 Å². The molecule has 0 spiro atoms. The molecule has 5 nitrogen and oxygen atoms in total. The Hall–Kier alpha value is -1.69. The van der Waals surface area contributed by atoms with Gasteiger partial charge in [-0.05, 0) is 13.0 Å². The number of aromatic nitrogens is 1. The molecular formula is C9H10N2O3S. The van der Waals surface area contributed by atoms with Crippen molar-refractivity contribution in [1.29, 1.82) is 0 Å². The molecule has 1 aromatic rings. The number of aryl methyl sites for hydroxylation is 1. The number of nitrogens with one attached hydrogen (secondary N) is 1. The number of hydrogen-bond acceptors (Lipinski definition) is 4. The Kier molecular flexibility index (Phi) is 3.99. The van der Waals surface area contributed by atoms with Crippen LogP contribution < -0.4 is 5.32 Å². The molecule has 15 heavy (non-hydrogen) atoms. The van der Waals surface area contributed by atoms with Crippen LogP contribution in [0.2, 0.25) is 0 Å². The minimum Gasteiger partial charge on any atom is -0.480 e. The highest BCUT2D eigenvalue weighted by Gasteiger charge is 1.99. The summed E-state index contributed by atoms with van der Waals surface area (Å²) in [5.74, 6) is -1.51. The van der Waals surface area contributed by atoms with Crippen LogP contribution in [0.5, 0.6) is 0 Å². The topological polar surface area (TPSA) is 79.3 Å². The van der Waals surface area contributed by atoms with E-state index >= 15 is 0 Å². The van der Waals surface area contributed by atoms with Crippen molar-refractivity contribution in [3.63, 3.8) is 0 Å². The second-order valence-electron chi connectivity index (χ2n) is 2.74. The summed E-state index contributed by atoms with van der Waals surface area (Å²) >= 11 is 1.49. The maximum Gasteiger partial charge on any atom is 0.322 e. The number of nitrogens with zero attached hydrogens (tertiary/aromatic N) is 1. The molecule has 1 amide bonds. The lowest BCUT2D eigenvalue weighted by Crippen LogP contribution is -2.27. The second-order valence-corrected chi connectivity index (χ2v) is 3.80. The monoisotopic (exact) mass is 226 g/mol. The van der Waals surface area contributed by atoms with E-state index in [0.717, 1.165) is 5.01 Å². The summed E-state index contributed by atoms with van der Waals surface area (Å²) in [6.45, 7) is 1.49. The summed E-state index contributed by atoms with van der Waals surface area (Å²) in [6.07, 6.45) is 2.80. The van der Waals surface area contributed by atoms with Crippen LogP contribution >= 0.6 is 11.3 Å². The standard InChI is InChI=1S/C9H10N2O3S/c1-6-11-7(5-15-6)2-3-8(12)10-4-9(13)14/h2-3,5H,4H2,1H3,(H,10,12)(H,13,14)/b3-2+. The predicted molar refractivity (Wildman–Crippen MR) is 56.5 cm³/mol. The molecule has 0 fully saturated rings. The average molecular weight is 226 g/mol. The lowest BCUT2D eigenvalue weighted by molar-refractivity contribution is -0.137. The van der Waals surface area contributed by atoms with Crippen molar-refractivity contribution in [3.05, 3.63) is 22.2 Å². The first-order chi connectivity index (χ1) is 7.08. The van der Waals surface area contributed by atoms with E-state index in [2.05, 4.69) is 10.3 Å². The normalized spacial score (nSPS) is 10.5. The summed E-state index contributed by atoms with van der Waals surface area (Å²) in [4.78, 5) is 25.3. The maximum absolute atomic E-state index is 11.0. The van der Waals surface area contributed by atoms with Gasteiger partial charge in [-0.2, -0.15) is 0 Å². The molecule has 0 aromatic carbocycles. The minimum atomic E-state index is -1.07. The van der Waals surface area contributed by atoms with Gasteiger partial charge in [0.2, 0.25) is 5.91 Å². The molecule has 2 N–H and O–H groups in total. The summed E-state index contributed by atoms with van der Waals surface area (Å²) in [6, 6.07) is 0. The van der Waals surface area contributed by atoms with Gasteiger partial charge in [-0.15, -0.1) is 11.3 Å². The number of carboxylic acid groups (broad SMARTS) is 1. The third-order valence-electron chi connectivity index (χ3n) is 1.46. The molecule has 0 saturated heterocycles. The lowest BCUT2D eigenvalue weighted by Gasteiger charge is -1.94. The van der Waals surface area contributed by atoms with Crippen LogP contribution in [0, 0.1) is 6.92 Å². The number of carbonyl (C=O) groups excluding carboxylic acids is 1. The van der Waals surface area contributed by atoms with Crippen LogP contribution in [0.25, 0.3) is 6.08 Å². The van der Waals surface area contributed by atoms with Crippen LogP contribution in [-0.2, 0) is 9.59 Å². The van der Waals surface area contributed by atoms with Crippen molar-refractivity contribution in [3.8, 4) is 0 Å². The third kappa shape index (κ3) is 4.37. The van der Waals surface area contributed by atoms with Crippen molar-refractivity contribution in [2.45, 2.75) is 6.92 Å². The van der Waals surface area contributed by atoms with E-state index in [1.165, 1.54) is 17.4 Å². The van der Waals surface area contributed by atoms with Gasteiger partial charge in [0.05, 0.1) is 10.7 Å². The number of carboxylic acids is 1. The Morgan fingerprint density at radius 3 is 2.93 bits per heavy atom. The number of thiazole rings is 1. The molecular weight excluding hydrogens is 216 g/mol. The summed E-state index contributed by atoms with van der Waals surface area (Å²) in [7, 11) is 0. The van der Waals surface area contributed by atoms with Crippen LogP contribution in [0.15, 0.2) is 11.5 Å². The fraction of sp³-hybridized carbons (Fsp3) is 0.222. The van der Waals surface area contributed by atoms with Crippen molar-refractivity contribution in [2.24, 2.45) is 0 Å². The molecule has 0 atom stereocenters. The van der Waals surface area contributed by atoms with E-state index in [1.807, 2.05) is 12.3 Å². The Balaban J connectivity index is 2.44. The molecule has 0 radical (unpaired) electrons. The van der Waals surface area contributed by atoms with E-state index in [4.69, 9.17) is 5.11 Å². The fourth-order valence-corrected chi connectivity index (χ4v) is 1.42.